The first-order valence-corrected chi connectivity index (χ1v) is 8.74. The number of hydrogen-bond donors (Lipinski definition) is 2. The molecule has 0 radical (unpaired) electrons. The predicted octanol–water partition coefficient (Wildman–Crippen LogP) is 5.74. The number of fused-ring (bicyclic) bond motifs is 1. The van der Waals surface area contributed by atoms with E-state index in [1.165, 1.54) is 11.8 Å². The summed E-state index contributed by atoms with van der Waals surface area (Å²) in [5.74, 6) is -1.01. The normalized spacial score (nSPS) is 11.5. The van der Waals surface area contributed by atoms with E-state index in [9.17, 15) is 9.90 Å². The molecule has 1 aromatic heterocycles. The molecule has 0 saturated carbocycles. The highest BCUT2D eigenvalue weighted by Crippen LogP contribution is 2.32. The zero-order valence-corrected chi connectivity index (χ0v) is 15.9. The van der Waals surface area contributed by atoms with Gasteiger partial charge in [-0.1, -0.05) is 48.8 Å². The van der Waals surface area contributed by atoms with Crippen LogP contribution in [0.2, 0.25) is 0 Å². The van der Waals surface area contributed by atoms with Crippen molar-refractivity contribution < 1.29 is 9.90 Å². The summed E-state index contributed by atoms with van der Waals surface area (Å²) < 4.78 is 0.871. The second-order valence-corrected chi connectivity index (χ2v) is 7.88. The standard InChI is InChI=1S/C20H19BrN2O2/c1-20(2,3)12-4-7-14(8-5-12)23-18-15-10-13(21)6-9-17(15)22-11-16(18)19(24)25/h4-11H,1-3H3,(H,22,23)(H,24,25). The van der Waals surface area contributed by atoms with Gasteiger partial charge in [0.2, 0.25) is 0 Å². The lowest BCUT2D eigenvalue weighted by Crippen LogP contribution is -2.10. The Hall–Kier alpha value is -2.40. The topological polar surface area (TPSA) is 62.2 Å². The van der Waals surface area contributed by atoms with E-state index >= 15 is 0 Å². The molecular weight excluding hydrogens is 380 g/mol. The van der Waals surface area contributed by atoms with E-state index < -0.39 is 5.97 Å². The number of pyridine rings is 1. The highest BCUT2D eigenvalue weighted by Gasteiger charge is 2.16. The number of carbonyl (C=O) groups is 1. The first kappa shape index (κ1) is 17.4. The number of nitrogens with one attached hydrogen (secondary N) is 1. The number of rotatable bonds is 3. The van der Waals surface area contributed by atoms with Crippen LogP contribution in [0.1, 0.15) is 36.7 Å². The minimum absolute atomic E-state index is 0.0684. The van der Waals surface area contributed by atoms with Gasteiger partial charge in [0.05, 0.1) is 11.2 Å². The monoisotopic (exact) mass is 398 g/mol. The third-order valence-electron chi connectivity index (χ3n) is 4.08. The van der Waals surface area contributed by atoms with E-state index in [1.807, 2.05) is 30.3 Å². The number of carboxylic acids is 1. The Balaban J connectivity index is 2.09. The molecule has 0 bridgehead atoms. The summed E-state index contributed by atoms with van der Waals surface area (Å²) in [5.41, 5.74) is 3.55. The molecule has 0 atom stereocenters. The van der Waals surface area contributed by atoms with E-state index in [-0.39, 0.29) is 11.0 Å². The quantitative estimate of drug-likeness (QED) is 0.590. The molecule has 1 heterocycles. The fourth-order valence-electron chi connectivity index (χ4n) is 2.66. The summed E-state index contributed by atoms with van der Waals surface area (Å²) in [6, 6.07) is 13.7. The smallest absolute Gasteiger partial charge is 0.339 e. The van der Waals surface area contributed by atoms with E-state index in [1.54, 1.807) is 0 Å². The summed E-state index contributed by atoms with van der Waals surface area (Å²) in [7, 11) is 0. The maximum atomic E-state index is 11.6. The van der Waals surface area contributed by atoms with E-state index in [2.05, 4.69) is 59.1 Å². The van der Waals surface area contributed by atoms with E-state index in [0.29, 0.717) is 5.69 Å². The number of hydrogen-bond acceptors (Lipinski definition) is 3. The van der Waals surface area contributed by atoms with Crippen LogP contribution in [0, 0.1) is 0 Å². The van der Waals surface area contributed by atoms with Crippen molar-refractivity contribution in [2.45, 2.75) is 26.2 Å². The number of aromatic carboxylic acids is 1. The third-order valence-corrected chi connectivity index (χ3v) is 4.57. The second-order valence-electron chi connectivity index (χ2n) is 6.97. The summed E-state index contributed by atoms with van der Waals surface area (Å²) >= 11 is 3.44. The van der Waals surface area contributed by atoms with Crippen LogP contribution in [0.25, 0.3) is 10.9 Å². The number of aromatic nitrogens is 1. The molecule has 0 aliphatic carbocycles. The largest absolute Gasteiger partial charge is 0.478 e. The van der Waals surface area contributed by atoms with Crippen LogP contribution in [0.5, 0.6) is 0 Å². The highest BCUT2D eigenvalue weighted by atomic mass is 79.9. The fraction of sp³-hybridized carbons (Fsp3) is 0.200. The Morgan fingerprint density at radius 3 is 2.40 bits per heavy atom. The van der Waals surface area contributed by atoms with Gasteiger partial charge in [0.25, 0.3) is 0 Å². The van der Waals surface area contributed by atoms with Crippen molar-refractivity contribution in [1.82, 2.24) is 4.98 Å². The number of benzene rings is 2. The van der Waals surface area contributed by atoms with Crippen molar-refractivity contribution in [2.24, 2.45) is 0 Å². The molecule has 0 aliphatic rings. The van der Waals surface area contributed by atoms with Crippen LogP contribution in [-0.4, -0.2) is 16.1 Å². The number of anilines is 2. The Morgan fingerprint density at radius 1 is 1.12 bits per heavy atom. The fourth-order valence-corrected chi connectivity index (χ4v) is 3.02. The Kier molecular flexibility index (Phi) is 4.52. The molecule has 0 spiro atoms. The van der Waals surface area contributed by atoms with Gasteiger partial charge in [0.15, 0.2) is 0 Å². The Bertz CT molecular complexity index is 944. The van der Waals surface area contributed by atoms with Gasteiger partial charge in [0, 0.05) is 21.7 Å². The molecule has 5 heteroatoms. The number of carboxylic acid groups (broad SMARTS) is 1. The van der Waals surface area contributed by atoms with Gasteiger partial charge in [-0.05, 0) is 41.3 Å². The number of halogens is 1. The maximum absolute atomic E-state index is 11.6. The zero-order chi connectivity index (χ0) is 18.2. The van der Waals surface area contributed by atoms with Crippen LogP contribution in [0.3, 0.4) is 0 Å². The van der Waals surface area contributed by atoms with Crippen molar-refractivity contribution in [3.63, 3.8) is 0 Å². The average Bonchev–Trinajstić information content (AvgIpc) is 2.54. The van der Waals surface area contributed by atoms with Crippen molar-refractivity contribution >= 4 is 44.2 Å². The predicted molar refractivity (Wildman–Crippen MR) is 105 cm³/mol. The van der Waals surface area contributed by atoms with Crippen LogP contribution >= 0.6 is 15.9 Å². The Morgan fingerprint density at radius 2 is 1.80 bits per heavy atom. The molecule has 0 aliphatic heterocycles. The summed E-state index contributed by atoms with van der Waals surface area (Å²) in [6.07, 6.45) is 1.39. The van der Waals surface area contributed by atoms with Crippen LogP contribution in [0.15, 0.2) is 53.1 Å². The number of nitrogens with zero attached hydrogens (tertiary/aromatic N) is 1. The SMILES string of the molecule is CC(C)(C)c1ccc(Nc2c(C(=O)O)cnc3ccc(Br)cc23)cc1. The molecular formula is C20H19BrN2O2. The van der Waals surface area contributed by atoms with Gasteiger partial charge in [-0.15, -0.1) is 0 Å². The van der Waals surface area contributed by atoms with Gasteiger partial charge in [-0.3, -0.25) is 4.98 Å². The van der Waals surface area contributed by atoms with Crippen molar-refractivity contribution in [3.05, 3.63) is 64.3 Å². The van der Waals surface area contributed by atoms with Crippen LogP contribution < -0.4 is 5.32 Å². The summed E-state index contributed by atoms with van der Waals surface area (Å²) in [5, 5.41) is 13.6. The van der Waals surface area contributed by atoms with Crippen molar-refractivity contribution in [2.75, 3.05) is 5.32 Å². The molecule has 3 aromatic rings. The Labute approximate surface area is 155 Å². The van der Waals surface area contributed by atoms with Crippen LogP contribution in [0.4, 0.5) is 11.4 Å². The van der Waals surface area contributed by atoms with Crippen LogP contribution in [-0.2, 0) is 5.41 Å². The molecule has 2 aromatic carbocycles. The summed E-state index contributed by atoms with van der Waals surface area (Å²) in [4.78, 5) is 15.9. The first-order chi connectivity index (χ1) is 11.8. The lowest BCUT2D eigenvalue weighted by atomic mass is 9.87. The van der Waals surface area contributed by atoms with Gasteiger partial charge < -0.3 is 10.4 Å². The van der Waals surface area contributed by atoms with Gasteiger partial charge in [-0.25, -0.2) is 4.79 Å². The van der Waals surface area contributed by atoms with Gasteiger partial charge >= 0.3 is 5.97 Å². The molecule has 0 saturated heterocycles. The lowest BCUT2D eigenvalue weighted by Gasteiger charge is -2.19. The zero-order valence-electron chi connectivity index (χ0n) is 14.3. The molecule has 4 nitrogen and oxygen atoms in total. The highest BCUT2D eigenvalue weighted by molar-refractivity contribution is 9.10. The minimum atomic E-state index is -1.01. The summed E-state index contributed by atoms with van der Waals surface area (Å²) in [6.45, 7) is 6.48. The minimum Gasteiger partial charge on any atom is -0.478 e. The lowest BCUT2D eigenvalue weighted by molar-refractivity contribution is 0.0697. The molecule has 128 valence electrons. The second kappa shape index (κ2) is 6.48. The molecule has 0 amide bonds. The van der Waals surface area contributed by atoms with Crippen molar-refractivity contribution in [1.29, 1.82) is 0 Å². The average molecular weight is 399 g/mol. The maximum Gasteiger partial charge on any atom is 0.339 e. The van der Waals surface area contributed by atoms with E-state index in [4.69, 9.17) is 0 Å². The molecule has 0 unspecified atom stereocenters. The molecule has 2 N–H and O–H groups in total. The molecule has 3 rings (SSSR count). The molecule has 0 fully saturated rings. The van der Waals surface area contributed by atoms with Crippen molar-refractivity contribution in [3.8, 4) is 0 Å². The van der Waals surface area contributed by atoms with Gasteiger partial charge in [-0.2, -0.15) is 0 Å². The third kappa shape index (κ3) is 3.66. The molecule has 25 heavy (non-hydrogen) atoms. The van der Waals surface area contributed by atoms with E-state index in [0.717, 1.165) is 21.1 Å². The first-order valence-electron chi connectivity index (χ1n) is 7.95. The van der Waals surface area contributed by atoms with Gasteiger partial charge in [0.1, 0.15) is 5.56 Å².